The minimum absolute atomic E-state index is 0.0777. The molecule has 107 heavy (non-hydrogen) atoms. The number of carbonyl (C=O) groups is 6. The minimum atomic E-state index is -4.70. The minimum Gasteiger partial charge on any atom is -0.383 e. The fraction of sp³-hybridized carbons (Fsp3) is 0.301. The Hall–Kier alpha value is -11.7. The van der Waals surface area contributed by atoms with Gasteiger partial charge in [0.1, 0.15) is 74.7 Å². The molecule has 566 valence electrons. The molecule has 15 N–H and O–H groups in total. The summed E-state index contributed by atoms with van der Waals surface area (Å²) in [6, 6.07) is 29.7. The highest BCUT2D eigenvalue weighted by Gasteiger charge is 2.59. The number of likely N-dealkylation sites (tertiary alicyclic amines) is 1. The van der Waals surface area contributed by atoms with E-state index in [0.29, 0.717) is 60.4 Å². The second-order valence-electron chi connectivity index (χ2n) is 26.2. The highest BCUT2D eigenvalue weighted by molar-refractivity contribution is 6.05. The molecular formula is C73H75F11N16O7. The van der Waals surface area contributed by atoms with E-state index in [1.54, 1.807) is 76.3 Å². The number of aryl methyl sites for hydroxylation is 3. The summed E-state index contributed by atoms with van der Waals surface area (Å²) in [5, 5.41) is 20.5. The Morgan fingerprint density at radius 1 is 0.523 bits per heavy atom. The predicted molar refractivity (Wildman–Crippen MR) is 374 cm³/mol. The van der Waals surface area contributed by atoms with Crippen LogP contribution in [0.5, 0.6) is 0 Å². The molecule has 9 aromatic rings. The second-order valence-corrected chi connectivity index (χ2v) is 26.2. The normalized spacial score (nSPS) is 15.1. The molecule has 0 radical (unpaired) electrons. The van der Waals surface area contributed by atoms with Crippen molar-refractivity contribution in [2.75, 3.05) is 50.6 Å². The van der Waals surface area contributed by atoms with E-state index >= 15 is 0 Å². The molecule has 2 aliphatic heterocycles. The number of halogens is 11. The van der Waals surface area contributed by atoms with E-state index in [2.05, 4.69) is 31.2 Å². The van der Waals surface area contributed by atoms with Gasteiger partial charge >= 0.3 is 12.4 Å². The van der Waals surface area contributed by atoms with Gasteiger partial charge in [-0.3, -0.25) is 28.8 Å². The Bertz CT molecular complexity index is 4840. The third-order valence-corrected chi connectivity index (χ3v) is 18.4. The van der Waals surface area contributed by atoms with Gasteiger partial charge in [0.15, 0.2) is 11.1 Å². The molecule has 0 spiro atoms. The summed E-state index contributed by atoms with van der Waals surface area (Å²) in [5.74, 6) is -10.1. The maximum absolute atomic E-state index is 14.8. The number of aromatic nitrogens is 6. The molecule has 2 saturated heterocycles. The summed E-state index contributed by atoms with van der Waals surface area (Å²) < 4.78 is 161. The van der Waals surface area contributed by atoms with Gasteiger partial charge in [-0.1, -0.05) is 91.0 Å². The third kappa shape index (κ3) is 17.2. The van der Waals surface area contributed by atoms with Crippen LogP contribution in [-0.4, -0.2) is 121 Å². The number of piperidine rings is 1. The molecule has 6 aromatic carbocycles. The largest absolute Gasteiger partial charge is 0.413 e. The number of amides is 6. The second kappa shape index (κ2) is 31.6. The number of carbonyl (C=O) groups excluding carboxylic acids is 6. The first-order chi connectivity index (χ1) is 50.2. The van der Waals surface area contributed by atoms with Crippen molar-refractivity contribution in [3.05, 3.63) is 212 Å². The van der Waals surface area contributed by atoms with Gasteiger partial charge in [0.05, 0.1) is 6.54 Å². The number of nitrogen functional groups attached to an aromatic ring is 3. The average molecular weight is 1500 g/mol. The predicted octanol–water partition coefficient (Wildman–Crippen LogP) is 10.7. The van der Waals surface area contributed by atoms with Crippen molar-refractivity contribution in [2.45, 2.75) is 109 Å². The summed E-state index contributed by atoms with van der Waals surface area (Å²) >= 11 is 0. The van der Waals surface area contributed by atoms with Crippen LogP contribution in [0.25, 0.3) is 33.8 Å². The van der Waals surface area contributed by atoms with Gasteiger partial charge in [0.25, 0.3) is 41.4 Å². The highest BCUT2D eigenvalue weighted by Crippen LogP contribution is 2.47. The number of nitrogens with zero attached hydrogens (tertiary/aromatic N) is 7. The molecule has 11 rings (SSSR count). The molecule has 0 aliphatic carbocycles. The number of benzene rings is 6. The zero-order chi connectivity index (χ0) is 78.6. The Kier molecular flexibility index (Phi) is 23.4. The first-order valence-electron chi connectivity index (χ1n) is 32.9. The molecule has 5 heterocycles. The molecule has 34 heteroatoms. The van der Waals surface area contributed by atoms with Crippen molar-refractivity contribution in [3.63, 3.8) is 0 Å². The van der Waals surface area contributed by atoms with Crippen molar-refractivity contribution < 1.29 is 81.8 Å². The van der Waals surface area contributed by atoms with Gasteiger partial charge in [-0.05, 0) is 118 Å². The van der Waals surface area contributed by atoms with Gasteiger partial charge in [-0.15, -0.1) is 0 Å². The zero-order valence-corrected chi connectivity index (χ0v) is 58.4. The molecule has 6 amide bonds. The lowest BCUT2D eigenvalue weighted by atomic mass is 9.89. The number of ether oxygens (including phenoxy) is 1. The van der Waals surface area contributed by atoms with Gasteiger partial charge in [0, 0.05) is 85.6 Å². The Balaban J connectivity index is 0.000000186. The van der Waals surface area contributed by atoms with E-state index in [1.165, 1.54) is 71.6 Å². The lowest BCUT2D eigenvalue weighted by molar-refractivity contribution is -0.238. The van der Waals surface area contributed by atoms with E-state index in [1.807, 2.05) is 0 Å². The quantitative estimate of drug-likeness (QED) is 0.0361. The summed E-state index contributed by atoms with van der Waals surface area (Å²) in [6.45, 7) is 6.92. The topological polar surface area (TPSA) is 361 Å². The van der Waals surface area contributed by atoms with Crippen molar-refractivity contribution in [1.82, 2.24) is 50.2 Å². The SMILES string of the molecule is Cc1ccc(F)cc1C(=O)NCc1ccc(-c2nn(C(C)(C)C(F)(F)F)c(N)c2C(N)=O)cc1.Cc1ccc(F)cc1C(=O)NCc1ccc(-c2nn(C3(C(F)(F)F)CCOCC3)c(N)c2C(N)=O)cc1.Cc1ccc(F)cc1C(=O)NCc1ccc(-c2nn(C3CCN(C)CC3(F)F)c(N)c2C(N)=O)cc1. The van der Waals surface area contributed by atoms with Gasteiger partial charge < -0.3 is 60.0 Å². The van der Waals surface area contributed by atoms with Crippen LogP contribution in [0.1, 0.15) is 135 Å². The number of nitrogens with one attached hydrogen (secondary N) is 3. The number of alkyl halides is 8. The van der Waals surface area contributed by atoms with Crippen LogP contribution in [0.2, 0.25) is 0 Å². The molecule has 0 saturated carbocycles. The van der Waals surface area contributed by atoms with E-state index in [-0.39, 0.29) is 95.5 Å². The van der Waals surface area contributed by atoms with E-state index in [4.69, 9.17) is 39.1 Å². The smallest absolute Gasteiger partial charge is 0.383 e. The van der Waals surface area contributed by atoms with Crippen LogP contribution < -0.4 is 50.4 Å². The van der Waals surface area contributed by atoms with Gasteiger partial charge in [0.2, 0.25) is 0 Å². The van der Waals surface area contributed by atoms with Gasteiger partial charge in [-0.2, -0.15) is 41.6 Å². The number of rotatable bonds is 18. The molecule has 0 bridgehead atoms. The number of hydrogen-bond donors (Lipinski definition) is 9. The van der Waals surface area contributed by atoms with Gasteiger partial charge in [-0.25, -0.2) is 36.0 Å². The van der Waals surface area contributed by atoms with Crippen LogP contribution in [0, 0.1) is 38.2 Å². The lowest BCUT2D eigenvalue weighted by Crippen LogP contribution is -2.52. The maximum atomic E-state index is 14.8. The Labute approximate surface area is 604 Å². The highest BCUT2D eigenvalue weighted by atomic mass is 19.4. The van der Waals surface area contributed by atoms with Crippen molar-refractivity contribution in [3.8, 4) is 33.8 Å². The van der Waals surface area contributed by atoms with Crippen molar-refractivity contribution >= 4 is 52.9 Å². The zero-order valence-electron chi connectivity index (χ0n) is 58.4. The molecular weight excluding hydrogens is 1420 g/mol. The molecule has 23 nitrogen and oxygen atoms in total. The van der Waals surface area contributed by atoms with Crippen LogP contribution in [0.15, 0.2) is 127 Å². The van der Waals surface area contributed by atoms with Crippen molar-refractivity contribution in [1.29, 1.82) is 0 Å². The molecule has 2 fully saturated rings. The lowest BCUT2D eigenvalue weighted by Gasteiger charge is -2.39. The monoisotopic (exact) mass is 1500 g/mol. The third-order valence-electron chi connectivity index (χ3n) is 18.4. The van der Waals surface area contributed by atoms with E-state index in [9.17, 15) is 77.1 Å². The number of primary amides is 3. The summed E-state index contributed by atoms with van der Waals surface area (Å²) in [6.07, 6.45) is -10.1. The number of anilines is 3. The molecule has 1 atom stereocenters. The first-order valence-corrected chi connectivity index (χ1v) is 32.9. The standard InChI is InChI=1S/C25H25F4N5O3.C25H27F3N6O2.C23H23F4N5O2/c1-14-2-7-17(26)12-18(14)23(36)32-13-15-3-5-16(6-4-15)20-19(22(31)35)21(30)34(33-20)24(25(27,28)29)8-10-37-11-9-24;1-14-3-8-17(26)11-18(14)24(36)31-12-15-4-6-16(7-5-15)21-20(23(30)35)22(29)34(32-21)19-9-10-33(2)13-25(19,27)28;1-12-4-9-15(24)10-16(12)21(34)30-11-13-5-7-14(8-6-13)18-17(20(29)33)19(28)32(31-18)22(2,3)23(25,26)27/h2-7,12H,8-11,13,30H2,1H3,(H2,31,35)(H,32,36);3-8,11,19H,9-10,12-13,29H2,1-2H3,(H2,30,35)(H,31,36);4-10H,11,28H2,1-3H3,(H2,29,33)(H,30,34). The first kappa shape index (κ1) is 79.4. The average Bonchev–Trinajstić information content (AvgIpc) is 1.62. The van der Waals surface area contributed by atoms with E-state index in [0.717, 1.165) is 36.2 Å². The summed E-state index contributed by atoms with van der Waals surface area (Å²) in [4.78, 5) is 75.1. The van der Waals surface area contributed by atoms with Crippen LogP contribution in [0.3, 0.4) is 0 Å². The van der Waals surface area contributed by atoms with E-state index < -0.39 is 119 Å². The van der Waals surface area contributed by atoms with Crippen LogP contribution in [0.4, 0.5) is 65.7 Å². The Morgan fingerprint density at radius 2 is 0.879 bits per heavy atom. The summed E-state index contributed by atoms with van der Waals surface area (Å²) in [5.41, 5.74) is 34.3. The molecule has 1 unspecified atom stereocenters. The number of nitrogens with two attached hydrogens (primary N) is 6. The fourth-order valence-corrected chi connectivity index (χ4v) is 12.2. The fourth-order valence-electron chi connectivity index (χ4n) is 12.2. The van der Waals surface area contributed by atoms with Crippen LogP contribution in [-0.2, 0) is 35.4 Å². The van der Waals surface area contributed by atoms with Crippen LogP contribution >= 0.6 is 0 Å². The Morgan fingerprint density at radius 3 is 1.23 bits per heavy atom. The summed E-state index contributed by atoms with van der Waals surface area (Å²) in [7, 11) is 1.61. The molecule has 2 aliphatic rings. The molecule has 3 aromatic heterocycles. The maximum Gasteiger partial charge on any atom is 0.413 e. The van der Waals surface area contributed by atoms with Crippen molar-refractivity contribution in [2.24, 2.45) is 17.2 Å². The number of hydrogen-bond acceptors (Lipinski definition) is 14.